The number of piperazine rings is 1. The lowest BCUT2D eigenvalue weighted by Crippen LogP contribution is -2.51. The molecule has 0 atom stereocenters. The number of rotatable bonds is 4. The van der Waals surface area contributed by atoms with Gasteiger partial charge in [-0.1, -0.05) is 23.8 Å². The van der Waals surface area contributed by atoms with Gasteiger partial charge in [0.1, 0.15) is 0 Å². The van der Waals surface area contributed by atoms with Gasteiger partial charge in [-0.3, -0.25) is 9.59 Å². The zero-order valence-electron chi connectivity index (χ0n) is 15.9. The molecule has 0 unspecified atom stereocenters. The average molecular weight is 353 g/mol. The molecule has 3 rings (SSSR count). The van der Waals surface area contributed by atoms with Crippen LogP contribution in [0, 0.1) is 13.8 Å². The summed E-state index contributed by atoms with van der Waals surface area (Å²) in [7, 11) is 1.95. The zero-order valence-corrected chi connectivity index (χ0v) is 15.9. The second-order valence-electron chi connectivity index (χ2n) is 7.23. The van der Waals surface area contributed by atoms with Crippen molar-refractivity contribution in [3.63, 3.8) is 0 Å². The van der Waals surface area contributed by atoms with E-state index in [0.29, 0.717) is 39.0 Å². The van der Waals surface area contributed by atoms with E-state index in [1.54, 1.807) is 0 Å². The predicted octanol–water partition coefficient (Wildman–Crippen LogP) is 2.10. The van der Waals surface area contributed by atoms with Gasteiger partial charge in [-0.05, 0) is 36.6 Å². The first-order valence-electron chi connectivity index (χ1n) is 9.15. The maximum atomic E-state index is 12.6. The number of hydrogen-bond acceptors (Lipinski definition) is 2. The van der Waals surface area contributed by atoms with Crippen LogP contribution in [0.15, 0.2) is 36.7 Å². The Kier molecular flexibility index (Phi) is 5.45. The van der Waals surface area contributed by atoms with E-state index in [1.807, 2.05) is 45.9 Å². The monoisotopic (exact) mass is 353 g/mol. The van der Waals surface area contributed by atoms with Crippen molar-refractivity contribution in [1.29, 1.82) is 0 Å². The topological polar surface area (TPSA) is 45.6 Å². The predicted molar refractivity (Wildman–Crippen MR) is 102 cm³/mol. The minimum absolute atomic E-state index is 0.137. The van der Waals surface area contributed by atoms with Crippen LogP contribution in [0.2, 0.25) is 0 Å². The molecule has 1 aliphatic rings. The molecule has 0 spiro atoms. The summed E-state index contributed by atoms with van der Waals surface area (Å²) in [6.07, 6.45) is 4.79. The van der Waals surface area contributed by atoms with Crippen LogP contribution in [-0.2, 0) is 29.5 Å². The van der Waals surface area contributed by atoms with Gasteiger partial charge in [-0.2, -0.15) is 0 Å². The molecule has 1 fully saturated rings. The third-order valence-corrected chi connectivity index (χ3v) is 5.07. The van der Waals surface area contributed by atoms with E-state index in [2.05, 4.69) is 26.0 Å². The van der Waals surface area contributed by atoms with Gasteiger partial charge in [0.25, 0.3) is 0 Å². The van der Waals surface area contributed by atoms with E-state index >= 15 is 0 Å². The molecule has 0 saturated carbocycles. The fourth-order valence-electron chi connectivity index (χ4n) is 3.48. The van der Waals surface area contributed by atoms with E-state index in [0.717, 1.165) is 16.7 Å². The summed E-state index contributed by atoms with van der Waals surface area (Å²) in [4.78, 5) is 28.8. The number of amides is 2. The molecule has 5 nitrogen and oxygen atoms in total. The highest BCUT2D eigenvalue weighted by atomic mass is 16.2. The molecule has 26 heavy (non-hydrogen) atoms. The van der Waals surface area contributed by atoms with E-state index in [4.69, 9.17) is 0 Å². The molecule has 5 heteroatoms. The highest BCUT2D eigenvalue weighted by molar-refractivity contribution is 5.81. The first-order chi connectivity index (χ1) is 12.4. The number of aromatic nitrogens is 1. The molecular formula is C21H27N3O2. The maximum absolute atomic E-state index is 12.6. The summed E-state index contributed by atoms with van der Waals surface area (Å²) in [5, 5.41) is 0. The standard InChI is InChI=1S/C21H27N3O2/c1-16-4-5-19(17(2)12-16)14-21(26)24-10-8-23(9-11-24)20(25)13-18-6-7-22(3)15-18/h4-7,12,15H,8-11,13-14H2,1-3H3. The SMILES string of the molecule is Cc1ccc(CC(=O)N2CCN(C(=O)Cc3ccn(C)c3)CC2)c(C)c1. The summed E-state index contributed by atoms with van der Waals surface area (Å²) in [6, 6.07) is 8.18. The lowest BCUT2D eigenvalue weighted by atomic mass is 10.0. The normalized spacial score (nSPS) is 14.6. The summed E-state index contributed by atoms with van der Waals surface area (Å²) >= 11 is 0. The molecular weight excluding hydrogens is 326 g/mol. The summed E-state index contributed by atoms with van der Waals surface area (Å²) < 4.78 is 1.95. The van der Waals surface area contributed by atoms with Crippen molar-refractivity contribution in [3.8, 4) is 0 Å². The van der Waals surface area contributed by atoms with E-state index in [-0.39, 0.29) is 11.8 Å². The van der Waals surface area contributed by atoms with Crippen molar-refractivity contribution in [2.45, 2.75) is 26.7 Å². The third-order valence-electron chi connectivity index (χ3n) is 5.07. The Bertz CT molecular complexity index is 801. The highest BCUT2D eigenvalue weighted by Gasteiger charge is 2.24. The lowest BCUT2D eigenvalue weighted by molar-refractivity contribution is -0.138. The Morgan fingerprint density at radius 2 is 1.54 bits per heavy atom. The van der Waals surface area contributed by atoms with Crippen LogP contribution >= 0.6 is 0 Å². The Morgan fingerprint density at radius 3 is 2.08 bits per heavy atom. The van der Waals surface area contributed by atoms with Gasteiger partial charge in [0.15, 0.2) is 0 Å². The molecule has 2 amide bonds. The molecule has 138 valence electrons. The van der Waals surface area contributed by atoms with Crippen molar-refractivity contribution in [2.75, 3.05) is 26.2 Å². The molecule has 2 aromatic rings. The van der Waals surface area contributed by atoms with Gasteiger partial charge in [0, 0.05) is 45.6 Å². The molecule has 1 aliphatic heterocycles. The molecule has 2 heterocycles. The van der Waals surface area contributed by atoms with Gasteiger partial charge in [-0.25, -0.2) is 0 Å². The summed E-state index contributed by atoms with van der Waals surface area (Å²) in [6.45, 7) is 6.57. The molecule has 0 aliphatic carbocycles. The van der Waals surface area contributed by atoms with Gasteiger partial charge < -0.3 is 14.4 Å². The van der Waals surface area contributed by atoms with E-state index in [9.17, 15) is 9.59 Å². The lowest BCUT2D eigenvalue weighted by Gasteiger charge is -2.35. The fraction of sp³-hybridized carbons (Fsp3) is 0.429. The molecule has 0 bridgehead atoms. The molecule has 1 aromatic carbocycles. The van der Waals surface area contributed by atoms with E-state index < -0.39 is 0 Å². The smallest absolute Gasteiger partial charge is 0.227 e. The number of hydrogen-bond donors (Lipinski definition) is 0. The van der Waals surface area contributed by atoms with Crippen molar-refractivity contribution in [2.24, 2.45) is 7.05 Å². The number of benzene rings is 1. The van der Waals surface area contributed by atoms with Crippen LogP contribution in [0.4, 0.5) is 0 Å². The Labute approximate surface area is 155 Å². The van der Waals surface area contributed by atoms with Crippen LogP contribution in [0.1, 0.15) is 22.3 Å². The van der Waals surface area contributed by atoms with Crippen LogP contribution in [-0.4, -0.2) is 52.4 Å². The van der Waals surface area contributed by atoms with Gasteiger partial charge in [0.2, 0.25) is 11.8 Å². The Balaban J connectivity index is 1.51. The fourth-order valence-corrected chi connectivity index (χ4v) is 3.48. The minimum Gasteiger partial charge on any atom is -0.357 e. The van der Waals surface area contributed by atoms with Crippen molar-refractivity contribution in [3.05, 3.63) is 58.9 Å². The number of aryl methyl sites for hydroxylation is 3. The van der Waals surface area contributed by atoms with Gasteiger partial charge >= 0.3 is 0 Å². The van der Waals surface area contributed by atoms with Crippen molar-refractivity contribution < 1.29 is 9.59 Å². The van der Waals surface area contributed by atoms with Gasteiger partial charge in [-0.15, -0.1) is 0 Å². The number of nitrogens with zero attached hydrogens (tertiary/aromatic N) is 3. The van der Waals surface area contributed by atoms with Crippen LogP contribution in [0.5, 0.6) is 0 Å². The van der Waals surface area contributed by atoms with E-state index in [1.165, 1.54) is 5.56 Å². The summed E-state index contributed by atoms with van der Waals surface area (Å²) in [5.74, 6) is 0.282. The van der Waals surface area contributed by atoms with Gasteiger partial charge in [0.05, 0.1) is 12.8 Å². The maximum Gasteiger partial charge on any atom is 0.227 e. The molecule has 1 saturated heterocycles. The first-order valence-corrected chi connectivity index (χ1v) is 9.15. The second kappa shape index (κ2) is 7.77. The van der Waals surface area contributed by atoms with Crippen LogP contribution in [0.3, 0.4) is 0 Å². The minimum atomic E-state index is 0.137. The number of carbonyl (C=O) groups is 2. The molecule has 0 radical (unpaired) electrons. The Hall–Kier alpha value is -2.56. The average Bonchev–Trinajstić information content (AvgIpc) is 3.02. The second-order valence-corrected chi connectivity index (χ2v) is 7.23. The zero-order chi connectivity index (χ0) is 18.7. The molecule has 1 aromatic heterocycles. The number of carbonyl (C=O) groups excluding carboxylic acids is 2. The quantitative estimate of drug-likeness (QED) is 0.845. The summed E-state index contributed by atoms with van der Waals surface area (Å²) in [5.41, 5.74) is 4.49. The van der Waals surface area contributed by atoms with Crippen molar-refractivity contribution in [1.82, 2.24) is 14.4 Å². The van der Waals surface area contributed by atoms with Crippen LogP contribution in [0.25, 0.3) is 0 Å². The van der Waals surface area contributed by atoms with Crippen LogP contribution < -0.4 is 0 Å². The Morgan fingerprint density at radius 1 is 0.923 bits per heavy atom. The first kappa shape index (κ1) is 18.2. The third kappa shape index (κ3) is 4.34. The highest BCUT2D eigenvalue weighted by Crippen LogP contribution is 2.14. The molecule has 0 N–H and O–H groups in total. The van der Waals surface area contributed by atoms with Crippen molar-refractivity contribution >= 4 is 11.8 Å². The largest absolute Gasteiger partial charge is 0.357 e.